The van der Waals surface area contributed by atoms with Crippen molar-refractivity contribution in [3.8, 4) is 0 Å². The molecule has 1 aromatic rings. The maximum atomic E-state index is 12.4. The van der Waals surface area contributed by atoms with Crippen molar-refractivity contribution in [1.82, 2.24) is 4.90 Å². The summed E-state index contributed by atoms with van der Waals surface area (Å²) < 4.78 is 53.8. The number of hydrogen-bond acceptors (Lipinski definition) is 8. The number of hydrogen-bond donors (Lipinski definition) is 0. The Labute approximate surface area is 185 Å². The molecule has 1 unspecified atom stereocenters. The summed E-state index contributed by atoms with van der Waals surface area (Å²) in [5.74, 6) is -0.612. The molecule has 3 rings (SSSR count). The third-order valence-corrected chi connectivity index (χ3v) is 6.76. The summed E-state index contributed by atoms with van der Waals surface area (Å²) in [4.78, 5) is 2.30. The van der Waals surface area contributed by atoms with Crippen LogP contribution in [-0.2, 0) is 33.2 Å². The van der Waals surface area contributed by atoms with E-state index in [4.69, 9.17) is 23.1 Å². The third kappa shape index (κ3) is 6.95. The second kappa shape index (κ2) is 9.82. The lowest BCUT2D eigenvalue weighted by Crippen LogP contribution is -2.58. The first-order valence-corrected chi connectivity index (χ1v) is 12.1. The largest absolute Gasteiger partial charge is 0.369 e. The lowest BCUT2D eigenvalue weighted by atomic mass is 10.1. The smallest absolute Gasteiger partial charge is 0.296 e. The molecule has 0 amide bonds. The predicted molar refractivity (Wildman–Crippen MR) is 115 cm³/mol. The van der Waals surface area contributed by atoms with E-state index >= 15 is 0 Å². The quantitative estimate of drug-likeness (QED) is 0.435. The van der Waals surface area contributed by atoms with E-state index < -0.39 is 15.9 Å². The molecule has 2 saturated heterocycles. The molecule has 2 heterocycles. The van der Waals surface area contributed by atoms with Crippen LogP contribution in [0.5, 0.6) is 0 Å². The molecule has 31 heavy (non-hydrogen) atoms. The molecule has 0 N–H and O–H groups in total. The molecule has 0 spiro atoms. The first-order chi connectivity index (χ1) is 14.5. The number of rotatable bonds is 8. The Balaban J connectivity index is 1.57. The van der Waals surface area contributed by atoms with E-state index in [1.165, 1.54) is 0 Å². The number of nitrogens with zero attached hydrogens (tertiary/aromatic N) is 1. The molecule has 0 aliphatic carbocycles. The van der Waals surface area contributed by atoms with Gasteiger partial charge < -0.3 is 18.9 Å². The lowest BCUT2D eigenvalue weighted by molar-refractivity contribution is -0.285. The van der Waals surface area contributed by atoms with Crippen LogP contribution in [0.3, 0.4) is 0 Å². The van der Waals surface area contributed by atoms with Gasteiger partial charge in [-0.3, -0.25) is 9.08 Å². The summed E-state index contributed by atoms with van der Waals surface area (Å²) in [5.41, 5.74) is 0.669. The fraction of sp³-hybridized carbons (Fsp3) is 0.727. The Morgan fingerprint density at radius 3 is 2.26 bits per heavy atom. The number of aryl methyl sites for hydroxylation is 1. The van der Waals surface area contributed by atoms with Gasteiger partial charge in [-0.1, -0.05) is 17.7 Å². The fourth-order valence-corrected chi connectivity index (χ4v) is 4.44. The highest BCUT2D eigenvalue weighted by Gasteiger charge is 2.38. The van der Waals surface area contributed by atoms with E-state index in [2.05, 4.69) is 4.90 Å². The maximum absolute atomic E-state index is 12.4. The number of ether oxygens (including phenoxy) is 4. The molecular weight excluding hydrogens is 422 g/mol. The number of benzene rings is 1. The summed E-state index contributed by atoms with van der Waals surface area (Å²) in [6.45, 7) is 12.2. The summed E-state index contributed by atoms with van der Waals surface area (Å²) in [5, 5.41) is 0. The van der Waals surface area contributed by atoms with Gasteiger partial charge in [0.05, 0.1) is 49.6 Å². The van der Waals surface area contributed by atoms with E-state index in [9.17, 15) is 8.42 Å². The van der Waals surface area contributed by atoms with Gasteiger partial charge in [0.2, 0.25) is 0 Å². The molecule has 0 aromatic heterocycles. The van der Waals surface area contributed by atoms with Gasteiger partial charge in [-0.15, -0.1) is 0 Å². The van der Waals surface area contributed by atoms with Gasteiger partial charge in [0.25, 0.3) is 10.1 Å². The molecular formula is C22H35NO7S. The third-order valence-electron chi connectivity index (χ3n) is 5.43. The average molecular weight is 458 g/mol. The summed E-state index contributed by atoms with van der Waals surface area (Å²) in [6, 6.07) is 6.61. The van der Waals surface area contributed by atoms with E-state index in [-0.39, 0.29) is 29.4 Å². The molecule has 9 heteroatoms. The van der Waals surface area contributed by atoms with E-state index in [0.717, 1.165) is 5.56 Å². The van der Waals surface area contributed by atoms with Crippen LogP contribution < -0.4 is 0 Å². The van der Waals surface area contributed by atoms with Crippen molar-refractivity contribution >= 4 is 10.1 Å². The molecule has 0 radical (unpaired) electrons. The Bertz CT molecular complexity index is 775. The monoisotopic (exact) mass is 457 g/mol. The van der Waals surface area contributed by atoms with E-state index in [0.29, 0.717) is 39.4 Å². The van der Waals surface area contributed by atoms with Crippen LogP contribution >= 0.6 is 0 Å². The second-order valence-electron chi connectivity index (χ2n) is 9.19. The normalized spacial score (nSPS) is 24.4. The van der Waals surface area contributed by atoms with Gasteiger partial charge >= 0.3 is 0 Å². The van der Waals surface area contributed by atoms with Crippen LogP contribution in [0.15, 0.2) is 29.2 Å². The topological polar surface area (TPSA) is 83.5 Å². The van der Waals surface area contributed by atoms with Crippen LogP contribution in [-0.4, -0.2) is 76.6 Å². The Hall–Kier alpha value is -1.07. The second-order valence-corrected chi connectivity index (χ2v) is 10.8. The summed E-state index contributed by atoms with van der Waals surface area (Å²) in [7, 11) is -3.78. The van der Waals surface area contributed by atoms with Crippen LogP contribution in [0.25, 0.3) is 0 Å². The van der Waals surface area contributed by atoms with E-state index in [1.54, 1.807) is 24.3 Å². The Morgan fingerprint density at radius 2 is 1.68 bits per heavy atom. The lowest BCUT2D eigenvalue weighted by Gasteiger charge is -2.46. The van der Waals surface area contributed by atoms with E-state index in [1.807, 2.05) is 34.6 Å². The van der Waals surface area contributed by atoms with Gasteiger partial charge in [0.15, 0.2) is 5.79 Å². The minimum atomic E-state index is -3.78. The standard InChI is InChI=1S/C22H35NO7S/c1-17-7-9-19(10-8-17)31(24,25)30-12-6-11-23(18-13-28-22(4,5)29-14-18)20-15-27-21(2,3)16-26-20/h7-10,18,20H,6,11-16H2,1-5H3. The van der Waals surface area contributed by atoms with Crippen LogP contribution in [0.2, 0.25) is 0 Å². The molecule has 2 aliphatic heterocycles. The van der Waals surface area contributed by atoms with Gasteiger partial charge in [0.1, 0.15) is 6.23 Å². The van der Waals surface area contributed by atoms with Crippen molar-refractivity contribution in [2.24, 2.45) is 0 Å². The van der Waals surface area contributed by atoms with Crippen molar-refractivity contribution in [1.29, 1.82) is 0 Å². The van der Waals surface area contributed by atoms with Crippen LogP contribution in [0, 0.1) is 6.92 Å². The Kier molecular flexibility index (Phi) is 7.79. The maximum Gasteiger partial charge on any atom is 0.296 e. The van der Waals surface area contributed by atoms with Crippen LogP contribution in [0.1, 0.15) is 39.7 Å². The Morgan fingerprint density at radius 1 is 1.03 bits per heavy atom. The average Bonchev–Trinajstić information content (AvgIpc) is 2.69. The first kappa shape index (κ1) is 24.6. The highest BCUT2D eigenvalue weighted by Crippen LogP contribution is 2.25. The van der Waals surface area contributed by atoms with Crippen molar-refractivity contribution in [3.05, 3.63) is 29.8 Å². The zero-order valence-corrected chi connectivity index (χ0v) is 19.9. The minimum absolute atomic E-state index is 0.0171. The van der Waals surface area contributed by atoms with Gasteiger partial charge in [0, 0.05) is 6.54 Å². The van der Waals surface area contributed by atoms with Crippen LogP contribution in [0.4, 0.5) is 0 Å². The summed E-state index contributed by atoms with van der Waals surface area (Å²) in [6.07, 6.45) is 0.258. The minimum Gasteiger partial charge on any atom is -0.369 e. The molecule has 0 saturated carbocycles. The zero-order valence-electron chi connectivity index (χ0n) is 19.1. The molecule has 176 valence electrons. The highest BCUT2D eigenvalue weighted by molar-refractivity contribution is 7.86. The molecule has 0 bridgehead atoms. The van der Waals surface area contributed by atoms with Crippen molar-refractivity contribution in [2.75, 3.05) is 39.6 Å². The molecule has 2 aliphatic rings. The van der Waals surface area contributed by atoms with Gasteiger partial charge in [-0.05, 0) is 53.2 Å². The van der Waals surface area contributed by atoms with Crippen molar-refractivity contribution in [3.63, 3.8) is 0 Å². The SMILES string of the molecule is Cc1ccc(S(=O)(=O)OCCCN(C2COC(C)(C)OC2)C2COC(C)(C)CO2)cc1. The highest BCUT2D eigenvalue weighted by atomic mass is 32.2. The van der Waals surface area contributed by atoms with Crippen molar-refractivity contribution in [2.45, 2.75) is 69.6 Å². The summed E-state index contributed by atoms with van der Waals surface area (Å²) >= 11 is 0. The molecule has 2 fully saturated rings. The van der Waals surface area contributed by atoms with Gasteiger partial charge in [-0.2, -0.15) is 8.42 Å². The fourth-order valence-electron chi connectivity index (χ4n) is 3.50. The molecule has 8 nitrogen and oxygen atoms in total. The van der Waals surface area contributed by atoms with Crippen molar-refractivity contribution < 1.29 is 31.5 Å². The molecule has 1 atom stereocenters. The predicted octanol–water partition coefficient (Wildman–Crippen LogP) is 2.70. The zero-order chi connectivity index (χ0) is 22.7. The molecule has 1 aromatic carbocycles. The van der Waals surface area contributed by atoms with Gasteiger partial charge in [-0.25, -0.2) is 0 Å². The first-order valence-electron chi connectivity index (χ1n) is 10.7.